The monoisotopic (exact) mass is 399 g/mol. The molecule has 0 aliphatic heterocycles. The Morgan fingerprint density at radius 2 is 1.93 bits per heavy atom. The summed E-state index contributed by atoms with van der Waals surface area (Å²) in [5.41, 5.74) is 3.87. The van der Waals surface area contributed by atoms with Crippen LogP contribution < -0.4 is 5.32 Å². The number of anilines is 1. The molecule has 0 saturated heterocycles. The zero-order valence-electron chi connectivity index (χ0n) is 14.6. The van der Waals surface area contributed by atoms with Crippen molar-refractivity contribution in [2.24, 2.45) is 0 Å². The number of aryl methyl sites for hydroxylation is 1. The maximum Gasteiger partial charge on any atom is 0.267 e. The Morgan fingerprint density at radius 3 is 2.63 bits per heavy atom. The summed E-state index contributed by atoms with van der Waals surface area (Å²) in [6, 6.07) is 11.6. The van der Waals surface area contributed by atoms with Crippen LogP contribution in [-0.4, -0.2) is 15.3 Å². The molecule has 4 rings (SSSR count). The minimum atomic E-state index is -0.286. The second kappa shape index (κ2) is 6.79. The van der Waals surface area contributed by atoms with Gasteiger partial charge in [-0.2, -0.15) is 0 Å². The predicted molar refractivity (Wildman–Crippen MR) is 107 cm³/mol. The average molecular weight is 400 g/mol. The zero-order valence-corrected chi connectivity index (χ0v) is 16.2. The minimum Gasteiger partial charge on any atom is -0.321 e. The first-order valence-electron chi connectivity index (χ1n) is 8.25. The highest BCUT2D eigenvalue weighted by molar-refractivity contribution is 7.19. The summed E-state index contributed by atoms with van der Waals surface area (Å²) < 4.78 is 15.0. The number of nitrogens with one attached hydrogen (secondary N) is 1. The summed E-state index contributed by atoms with van der Waals surface area (Å²) in [4.78, 5) is 18.6. The number of amides is 1. The van der Waals surface area contributed by atoms with Crippen LogP contribution in [0.4, 0.5) is 10.1 Å². The van der Waals surface area contributed by atoms with Gasteiger partial charge in [0.1, 0.15) is 10.7 Å². The predicted octanol–water partition coefficient (Wildman–Crippen LogP) is 5.72. The molecule has 27 heavy (non-hydrogen) atoms. The van der Waals surface area contributed by atoms with E-state index in [1.54, 1.807) is 24.3 Å². The molecule has 4 aromatic rings. The summed E-state index contributed by atoms with van der Waals surface area (Å²) in [5, 5.41) is 3.52. The molecule has 0 radical (unpaired) electrons. The molecule has 0 saturated carbocycles. The van der Waals surface area contributed by atoms with E-state index in [9.17, 15) is 9.18 Å². The van der Waals surface area contributed by atoms with Gasteiger partial charge in [0.05, 0.1) is 5.69 Å². The lowest BCUT2D eigenvalue weighted by Crippen LogP contribution is -2.12. The Kier molecular flexibility index (Phi) is 4.45. The highest BCUT2D eigenvalue weighted by Gasteiger charge is 2.19. The van der Waals surface area contributed by atoms with Crippen molar-refractivity contribution in [1.82, 2.24) is 9.38 Å². The first kappa shape index (κ1) is 17.7. The average Bonchev–Trinajstić information content (AvgIpc) is 3.19. The SMILES string of the molecule is Cc1c(Cl)cccc1NC(=O)c1sc2nc(-c3ccc(F)cc3)cn2c1C. The van der Waals surface area contributed by atoms with Crippen molar-refractivity contribution >= 4 is 39.5 Å². The van der Waals surface area contributed by atoms with E-state index in [1.807, 2.05) is 30.5 Å². The van der Waals surface area contributed by atoms with Crippen LogP contribution in [0.3, 0.4) is 0 Å². The Bertz CT molecular complexity index is 1160. The molecule has 1 amide bonds. The van der Waals surface area contributed by atoms with Crippen LogP contribution in [0.5, 0.6) is 0 Å². The van der Waals surface area contributed by atoms with Crippen LogP contribution in [-0.2, 0) is 0 Å². The third-order valence-corrected chi connectivity index (χ3v) is 5.98. The number of thiazole rings is 1. The standard InChI is InChI=1S/C20H15ClFN3OS/c1-11-15(21)4-3-5-16(11)23-19(26)18-12(2)25-10-17(24-20(25)27-18)13-6-8-14(22)9-7-13/h3-10H,1-2H3,(H,23,26). The van der Waals surface area contributed by atoms with E-state index in [0.717, 1.165) is 22.5 Å². The van der Waals surface area contributed by atoms with Gasteiger partial charge in [-0.15, -0.1) is 0 Å². The second-order valence-corrected chi connectivity index (χ2v) is 7.55. The third-order valence-electron chi connectivity index (χ3n) is 4.42. The number of hydrogen-bond acceptors (Lipinski definition) is 3. The number of carbonyl (C=O) groups is 1. The second-order valence-electron chi connectivity index (χ2n) is 6.17. The van der Waals surface area contributed by atoms with E-state index in [4.69, 9.17) is 11.6 Å². The van der Waals surface area contributed by atoms with Crippen LogP contribution >= 0.6 is 22.9 Å². The van der Waals surface area contributed by atoms with Crippen LogP contribution in [0.15, 0.2) is 48.7 Å². The highest BCUT2D eigenvalue weighted by Crippen LogP contribution is 2.29. The maximum atomic E-state index is 13.1. The molecule has 2 aromatic heterocycles. The summed E-state index contributed by atoms with van der Waals surface area (Å²) in [6.45, 7) is 3.74. The summed E-state index contributed by atoms with van der Waals surface area (Å²) >= 11 is 7.43. The fourth-order valence-corrected chi connectivity index (χ4v) is 4.02. The quantitative estimate of drug-likeness (QED) is 0.478. The van der Waals surface area contributed by atoms with Gasteiger partial charge in [-0.25, -0.2) is 9.37 Å². The van der Waals surface area contributed by atoms with Gasteiger partial charge in [0.25, 0.3) is 5.91 Å². The lowest BCUT2D eigenvalue weighted by atomic mass is 10.2. The molecule has 0 spiro atoms. The summed E-state index contributed by atoms with van der Waals surface area (Å²) in [5.74, 6) is -0.483. The first-order chi connectivity index (χ1) is 12.9. The smallest absolute Gasteiger partial charge is 0.267 e. The van der Waals surface area contributed by atoms with Gasteiger partial charge in [-0.1, -0.05) is 29.0 Å². The van der Waals surface area contributed by atoms with E-state index in [0.29, 0.717) is 20.5 Å². The molecule has 0 aliphatic rings. The number of imidazole rings is 1. The van der Waals surface area contributed by atoms with E-state index >= 15 is 0 Å². The summed E-state index contributed by atoms with van der Waals surface area (Å²) in [6.07, 6.45) is 1.86. The van der Waals surface area contributed by atoms with Gasteiger partial charge in [0.15, 0.2) is 4.96 Å². The van der Waals surface area contributed by atoms with Crippen molar-refractivity contribution < 1.29 is 9.18 Å². The summed E-state index contributed by atoms with van der Waals surface area (Å²) in [7, 11) is 0. The van der Waals surface area contributed by atoms with E-state index in [1.165, 1.54) is 23.5 Å². The van der Waals surface area contributed by atoms with E-state index in [2.05, 4.69) is 10.3 Å². The molecule has 7 heteroatoms. The highest BCUT2D eigenvalue weighted by atomic mass is 35.5. The Balaban J connectivity index is 1.66. The number of aromatic nitrogens is 2. The maximum absolute atomic E-state index is 13.1. The molecule has 0 bridgehead atoms. The van der Waals surface area contributed by atoms with Crippen molar-refractivity contribution in [2.75, 3.05) is 5.32 Å². The molecule has 1 N–H and O–H groups in total. The van der Waals surface area contributed by atoms with Crippen LogP contribution in [0.2, 0.25) is 5.02 Å². The molecule has 136 valence electrons. The topological polar surface area (TPSA) is 46.4 Å². The van der Waals surface area contributed by atoms with Crippen molar-refractivity contribution in [1.29, 1.82) is 0 Å². The van der Waals surface area contributed by atoms with Gasteiger partial charge >= 0.3 is 0 Å². The lowest BCUT2D eigenvalue weighted by molar-refractivity contribution is 0.102. The molecule has 4 nitrogen and oxygen atoms in total. The van der Waals surface area contributed by atoms with Gasteiger partial charge in [0.2, 0.25) is 0 Å². The van der Waals surface area contributed by atoms with Crippen molar-refractivity contribution in [2.45, 2.75) is 13.8 Å². The largest absolute Gasteiger partial charge is 0.321 e. The van der Waals surface area contributed by atoms with Gasteiger partial charge in [-0.05, 0) is 55.8 Å². The fraction of sp³-hybridized carbons (Fsp3) is 0.100. The number of nitrogens with zero attached hydrogens (tertiary/aromatic N) is 2. The van der Waals surface area contributed by atoms with Gasteiger partial charge < -0.3 is 5.32 Å². The molecule has 0 aliphatic carbocycles. The Labute approximate surface area is 164 Å². The molecular weight excluding hydrogens is 385 g/mol. The van der Waals surface area contributed by atoms with Crippen molar-refractivity contribution in [3.05, 3.63) is 75.6 Å². The molecular formula is C20H15ClFN3OS. The van der Waals surface area contributed by atoms with Crippen molar-refractivity contribution in [3.8, 4) is 11.3 Å². The number of rotatable bonds is 3. The molecule has 0 fully saturated rings. The van der Waals surface area contributed by atoms with E-state index < -0.39 is 0 Å². The molecule has 2 aromatic carbocycles. The van der Waals surface area contributed by atoms with Crippen LogP contribution in [0, 0.1) is 19.7 Å². The molecule has 0 atom stereocenters. The minimum absolute atomic E-state index is 0.198. The Morgan fingerprint density at radius 1 is 1.19 bits per heavy atom. The number of carbonyl (C=O) groups excluding carboxylic acids is 1. The van der Waals surface area contributed by atoms with E-state index in [-0.39, 0.29) is 11.7 Å². The van der Waals surface area contributed by atoms with Gasteiger partial charge in [0, 0.05) is 28.2 Å². The normalized spacial score (nSPS) is 11.1. The number of benzene rings is 2. The fourth-order valence-electron chi connectivity index (χ4n) is 2.84. The lowest BCUT2D eigenvalue weighted by Gasteiger charge is -2.08. The number of hydrogen-bond donors (Lipinski definition) is 1. The number of halogens is 2. The molecule has 0 unspecified atom stereocenters. The van der Waals surface area contributed by atoms with Crippen LogP contribution in [0.25, 0.3) is 16.2 Å². The number of fused-ring (bicyclic) bond motifs is 1. The van der Waals surface area contributed by atoms with Crippen LogP contribution in [0.1, 0.15) is 20.9 Å². The first-order valence-corrected chi connectivity index (χ1v) is 9.44. The zero-order chi connectivity index (χ0) is 19.1. The van der Waals surface area contributed by atoms with Gasteiger partial charge in [-0.3, -0.25) is 9.20 Å². The third kappa shape index (κ3) is 3.22. The van der Waals surface area contributed by atoms with Crippen molar-refractivity contribution in [3.63, 3.8) is 0 Å². The molecule has 2 heterocycles. The Hall–Kier alpha value is -2.70.